The molecule has 2 aromatic heterocycles. The highest BCUT2D eigenvalue weighted by Crippen LogP contribution is 2.39. The van der Waals surface area contributed by atoms with Gasteiger partial charge in [-0.15, -0.1) is 0 Å². The smallest absolute Gasteiger partial charge is 0.164 e. The van der Waals surface area contributed by atoms with Gasteiger partial charge in [0.2, 0.25) is 0 Å². The van der Waals surface area contributed by atoms with Gasteiger partial charge in [-0.2, -0.15) is 0 Å². The van der Waals surface area contributed by atoms with Crippen LogP contribution in [0.1, 0.15) is 0 Å². The van der Waals surface area contributed by atoms with E-state index < -0.39 is 0 Å². The summed E-state index contributed by atoms with van der Waals surface area (Å²) in [6, 6.07) is 53.4. The fourth-order valence-corrected chi connectivity index (χ4v) is 5.58. The highest BCUT2D eigenvalue weighted by Gasteiger charge is 2.17. The maximum atomic E-state index is 6.30. The maximum absolute atomic E-state index is 6.30. The van der Waals surface area contributed by atoms with E-state index in [1.807, 2.05) is 91.0 Å². The van der Waals surface area contributed by atoms with Crippen LogP contribution in [0.2, 0.25) is 0 Å². The number of anilines is 3. The lowest BCUT2D eigenvalue weighted by molar-refractivity contribution is 0.669. The number of hydrogen-bond donors (Lipinski definition) is 0. The van der Waals surface area contributed by atoms with Crippen molar-refractivity contribution in [3.8, 4) is 34.2 Å². The average Bonchev–Trinajstić information content (AvgIpc) is 3.47. The third-order valence-corrected chi connectivity index (χ3v) is 7.70. The molecule has 6 aromatic carbocycles. The first-order chi connectivity index (χ1) is 21.8. The summed E-state index contributed by atoms with van der Waals surface area (Å²) >= 11 is 0. The van der Waals surface area contributed by atoms with Gasteiger partial charge in [0.05, 0.1) is 0 Å². The summed E-state index contributed by atoms with van der Waals surface area (Å²) in [5, 5.41) is 2.03. The van der Waals surface area contributed by atoms with E-state index in [4.69, 9.17) is 19.4 Å². The Bertz CT molecular complexity index is 2120. The number of furan rings is 1. The van der Waals surface area contributed by atoms with Crippen LogP contribution >= 0.6 is 0 Å². The number of para-hydroxylation sites is 2. The lowest BCUT2D eigenvalue weighted by Crippen LogP contribution is -2.09. The van der Waals surface area contributed by atoms with E-state index >= 15 is 0 Å². The van der Waals surface area contributed by atoms with Crippen molar-refractivity contribution in [2.45, 2.75) is 0 Å². The van der Waals surface area contributed by atoms with E-state index in [0.29, 0.717) is 17.5 Å². The zero-order chi connectivity index (χ0) is 29.3. The average molecular weight is 567 g/mol. The number of fused-ring (bicyclic) bond motifs is 3. The molecule has 0 amide bonds. The number of nitrogens with zero attached hydrogens (tertiary/aromatic N) is 4. The van der Waals surface area contributed by atoms with E-state index in [1.54, 1.807) is 0 Å². The molecule has 5 heteroatoms. The van der Waals surface area contributed by atoms with Gasteiger partial charge in [0.15, 0.2) is 17.5 Å². The lowest BCUT2D eigenvalue weighted by atomic mass is 10.1. The van der Waals surface area contributed by atoms with Crippen LogP contribution in [0.4, 0.5) is 17.1 Å². The Balaban J connectivity index is 1.29. The van der Waals surface area contributed by atoms with Crippen LogP contribution in [0.15, 0.2) is 162 Å². The molecule has 0 atom stereocenters. The molecular weight excluding hydrogens is 540 g/mol. The van der Waals surface area contributed by atoms with Crippen molar-refractivity contribution < 1.29 is 4.42 Å². The molecule has 0 saturated heterocycles. The molecule has 8 aromatic rings. The predicted molar refractivity (Wildman–Crippen MR) is 178 cm³/mol. The molecule has 0 unspecified atom stereocenters. The first-order valence-electron chi connectivity index (χ1n) is 14.5. The molecule has 0 aliphatic rings. The Hall–Kier alpha value is -6.07. The first kappa shape index (κ1) is 25.6. The van der Waals surface area contributed by atoms with Gasteiger partial charge in [-0.1, -0.05) is 97.1 Å². The lowest BCUT2D eigenvalue weighted by Gasteiger charge is -2.25. The van der Waals surface area contributed by atoms with Crippen LogP contribution in [0.3, 0.4) is 0 Å². The number of benzene rings is 6. The Labute approximate surface area is 254 Å². The Morgan fingerprint density at radius 3 is 1.32 bits per heavy atom. The van der Waals surface area contributed by atoms with Gasteiger partial charge in [-0.25, -0.2) is 15.0 Å². The second kappa shape index (κ2) is 11.0. The van der Waals surface area contributed by atoms with E-state index in [0.717, 1.165) is 55.7 Å². The molecule has 44 heavy (non-hydrogen) atoms. The minimum atomic E-state index is 0.611. The largest absolute Gasteiger partial charge is 0.456 e. The summed E-state index contributed by atoms with van der Waals surface area (Å²) in [7, 11) is 0. The molecule has 0 aliphatic carbocycles. The zero-order valence-electron chi connectivity index (χ0n) is 23.7. The molecule has 5 nitrogen and oxygen atoms in total. The topological polar surface area (TPSA) is 55.1 Å². The van der Waals surface area contributed by atoms with Gasteiger partial charge in [-0.05, 0) is 60.7 Å². The van der Waals surface area contributed by atoms with Gasteiger partial charge in [0, 0.05) is 44.5 Å². The summed E-state index contributed by atoms with van der Waals surface area (Å²) in [5.41, 5.74) is 7.62. The van der Waals surface area contributed by atoms with Crippen molar-refractivity contribution in [1.82, 2.24) is 15.0 Å². The second-order valence-electron chi connectivity index (χ2n) is 10.5. The predicted octanol–water partition coefficient (Wildman–Crippen LogP) is 10.2. The third-order valence-electron chi connectivity index (χ3n) is 7.70. The summed E-state index contributed by atoms with van der Waals surface area (Å²) in [5.74, 6) is 1.88. The van der Waals surface area contributed by atoms with Crippen LogP contribution < -0.4 is 4.90 Å². The highest BCUT2D eigenvalue weighted by molar-refractivity contribution is 6.07. The van der Waals surface area contributed by atoms with Crippen LogP contribution in [0.5, 0.6) is 0 Å². The van der Waals surface area contributed by atoms with Crippen molar-refractivity contribution in [1.29, 1.82) is 0 Å². The summed E-state index contributed by atoms with van der Waals surface area (Å²) < 4.78 is 6.30. The minimum Gasteiger partial charge on any atom is -0.456 e. The molecule has 0 fully saturated rings. The van der Waals surface area contributed by atoms with E-state index in [2.05, 4.69) is 71.6 Å². The first-order valence-corrected chi connectivity index (χ1v) is 14.5. The molecule has 0 aliphatic heterocycles. The maximum Gasteiger partial charge on any atom is 0.164 e. The van der Waals surface area contributed by atoms with Crippen LogP contribution in [0, 0.1) is 0 Å². The van der Waals surface area contributed by atoms with Gasteiger partial charge < -0.3 is 9.32 Å². The van der Waals surface area contributed by atoms with Crippen molar-refractivity contribution in [2.24, 2.45) is 0 Å². The standard InChI is InChI=1S/C39H26N4O/c1-5-13-27(14-6-1)37-40-38(28-15-7-2-8-16-28)42-39(41-37)29-21-23-35-33(25-29)34-26-32(22-24-36(34)44-35)43(30-17-9-3-10-18-30)31-19-11-4-12-20-31/h1-26H. The quantitative estimate of drug-likeness (QED) is 0.200. The normalized spacial score (nSPS) is 11.2. The molecule has 0 saturated carbocycles. The Morgan fingerprint density at radius 1 is 0.364 bits per heavy atom. The number of rotatable bonds is 6. The minimum absolute atomic E-state index is 0.611. The van der Waals surface area contributed by atoms with Crippen molar-refractivity contribution in [3.05, 3.63) is 158 Å². The van der Waals surface area contributed by atoms with E-state index in [-0.39, 0.29) is 0 Å². The van der Waals surface area contributed by atoms with Crippen LogP contribution in [-0.2, 0) is 0 Å². The second-order valence-corrected chi connectivity index (χ2v) is 10.5. The molecule has 0 bridgehead atoms. The van der Waals surface area contributed by atoms with Crippen molar-refractivity contribution in [2.75, 3.05) is 4.90 Å². The Morgan fingerprint density at radius 2 is 0.795 bits per heavy atom. The van der Waals surface area contributed by atoms with Crippen molar-refractivity contribution in [3.63, 3.8) is 0 Å². The number of aromatic nitrogens is 3. The molecule has 2 heterocycles. The monoisotopic (exact) mass is 566 g/mol. The number of hydrogen-bond acceptors (Lipinski definition) is 5. The van der Waals surface area contributed by atoms with Gasteiger partial charge >= 0.3 is 0 Å². The van der Waals surface area contributed by atoms with Gasteiger partial charge in [0.25, 0.3) is 0 Å². The fraction of sp³-hybridized carbons (Fsp3) is 0. The molecule has 0 radical (unpaired) electrons. The molecule has 8 rings (SSSR count). The molecule has 208 valence electrons. The van der Waals surface area contributed by atoms with Gasteiger partial charge in [0.1, 0.15) is 11.2 Å². The van der Waals surface area contributed by atoms with Crippen molar-refractivity contribution >= 4 is 39.0 Å². The van der Waals surface area contributed by atoms with Crippen LogP contribution in [-0.4, -0.2) is 15.0 Å². The zero-order valence-corrected chi connectivity index (χ0v) is 23.7. The van der Waals surface area contributed by atoms with E-state index in [1.165, 1.54) is 0 Å². The highest BCUT2D eigenvalue weighted by atomic mass is 16.3. The third kappa shape index (κ3) is 4.76. The molecule has 0 spiro atoms. The SMILES string of the molecule is c1ccc(-c2nc(-c3ccccc3)nc(-c3ccc4oc5ccc(N(c6ccccc6)c6ccccc6)cc5c4c3)n2)cc1. The Kier molecular flexibility index (Phi) is 6.39. The summed E-state index contributed by atoms with van der Waals surface area (Å²) in [6.45, 7) is 0. The van der Waals surface area contributed by atoms with E-state index in [9.17, 15) is 0 Å². The summed E-state index contributed by atoms with van der Waals surface area (Å²) in [6.07, 6.45) is 0. The molecule has 0 N–H and O–H groups in total. The molecular formula is C39H26N4O. The summed E-state index contributed by atoms with van der Waals surface area (Å²) in [4.78, 5) is 17.0. The fourth-order valence-electron chi connectivity index (χ4n) is 5.58. The van der Waals surface area contributed by atoms with Gasteiger partial charge in [-0.3, -0.25) is 0 Å². The van der Waals surface area contributed by atoms with Crippen LogP contribution in [0.25, 0.3) is 56.1 Å².